The summed E-state index contributed by atoms with van der Waals surface area (Å²) in [4.78, 5) is 18.5. The van der Waals surface area contributed by atoms with Crippen molar-refractivity contribution in [3.8, 4) is 0 Å². The van der Waals surface area contributed by atoms with Crippen LogP contribution in [0.15, 0.2) is 22.8 Å². The molecule has 0 spiro atoms. The van der Waals surface area contributed by atoms with Crippen LogP contribution in [0.2, 0.25) is 0 Å². The lowest BCUT2D eigenvalue weighted by Gasteiger charge is -2.37. The first-order valence-electron chi connectivity index (χ1n) is 7.36. The number of aromatic nitrogens is 1. The van der Waals surface area contributed by atoms with Crippen LogP contribution < -0.4 is 0 Å². The maximum atomic E-state index is 12.1. The van der Waals surface area contributed by atoms with Crippen molar-refractivity contribution in [2.45, 2.75) is 45.6 Å². The van der Waals surface area contributed by atoms with E-state index in [-0.39, 0.29) is 6.09 Å². The molecule has 1 aliphatic rings. The van der Waals surface area contributed by atoms with Gasteiger partial charge < -0.3 is 9.64 Å². The number of nitrogens with zero attached hydrogens (tertiary/aromatic N) is 2. The van der Waals surface area contributed by atoms with Gasteiger partial charge in [0.25, 0.3) is 0 Å². The smallest absolute Gasteiger partial charge is 0.410 e. The molecule has 21 heavy (non-hydrogen) atoms. The van der Waals surface area contributed by atoms with E-state index >= 15 is 0 Å². The van der Waals surface area contributed by atoms with Gasteiger partial charge >= 0.3 is 6.09 Å². The zero-order valence-electron chi connectivity index (χ0n) is 13.1. The Bertz CT molecular complexity index is 513. The minimum atomic E-state index is -0.441. The molecule has 2 atom stereocenters. The van der Waals surface area contributed by atoms with Crippen LogP contribution in [0, 0.1) is 5.92 Å². The number of hydrogen-bond donors (Lipinski definition) is 0. The highest BCUT2D eigenvalue weighted by Gasteiger charge is 2.32. The van der Waals surface area contributed by atoms with Crippen LogP contribution in [-0.4, -0.2) is 34.7 Å². The van der Waals surface area contributed by atoms with Gasteiger partial charge in [0.2, 0.25) is 0 Å². The van der Waals surface area contributed by atoms with Crippen molar-refractivity contribution in [2.75, 3.05) is 13.1 Å². The van der Waals surface area contributed by atoms with Crippen LogP contribution in [0.3, 0.4) is 0 Å². The molecule has 116 valence electrons. The molecule has 5 heteroatoms. The number of likely N-dealkylation sites (tertiary alicyclic amines) is 1. The molecular weight excluding hydrogens is 332 g/mol. The standard InChI is InChI=1S/C16H23BrN2O2/c1-11-10-19(15(20)21-16(2,3)4)9-8-12(11)13-6-5-7-14(17)18-13/h5-7,11-12H,8-10H2,1-4H3. The number of pyridine rings is 1. The van der Waals surface area contributed by atoms with Crippen molar-refractivity contribution < 1.29 is 9.53 Å². The molecule has 1 aromatic heterocycles. The minimum absolute atomic E-state index is 0.213. The SMILES string of the molecule is CC1CN(C(=O)OC(C)(C)C)CCC1c1cccc(Br)n1. The van der Waals surface area contributed by atoms with E-state index in [1.165, 1.54) is 0 Å². The molecule has 0 radical (unpaired) electrons. The Morgan fingerprint density at radius 1 is 1.43 bits per heavy atom. The highest BCUT2D eigenvalue weighted by molar-refractivity contribution is 9.10. The fourth-order valence-corrected chi connectivity index (χ4v) is 3.07. The summed E-state index contributed by atoms with van der Waals surface area (Å²) in [5.74, 6) is 0.759. The number of hydrogen-bond acceptors (Lipinski definition) is 3. The van der Waals surface area contributed by atoms with Gasteiger partial charge in [-0.1, -0.05) is 13.0 Å². The molecule has 2 heterocycles. The topological polar surface area (TPSA) is 42.4 Å². The van der Waals surface area contributed by atoms with Gasteiger partial charge in [-0.2, -0.15) is 0 Å². The molecule has 0 bridgehead atoms. The van der Waals surface area contributed by atoms with E-state index in [9.17, 15) is 4.79 Å². The van der Waals surface area contributed by atoms with Crippen molar-refractivity contribution in [1.82, 2.24) is 9.88 Å². The second-order valence-corrected chi connectivity index (χ2v) is 7.50. The number of piperidine rings is 1. The summed E-state index contributed by atoms with van der Waals surface area (Å²) >= 11 is 3.42. The van der Waals surface area contributed by atoms with E-state index in [4.69, 9.17) is 4.74 Å². The molecule has 1 fully saturated rings. The van der Waals surface area contributed by atoms with Crippen molar-refractivity contribution in [3.63, 3.8) is 0 Å². The van der Waals surface area contributed by atoms with Gasteiger partial charge in [0.05, 0.1) is 0 Å². The van der Waals surface area contributed by atoms with E-state index < -0.39 is 5.60 Å². The van der Waals surface area contributed by atoms with Crippen LogP contribution in [0.25, 0.3) is 0 Å². The van der Waals surface area contributed by atoms with Gasteiger partial charge in [-0.25, -0.2) is 9.78 Å². The molecule has 2 unspecified atom stereocenters. The Labute approximate surface area is 135 Å². The first kappa shape index (κ1) is 16.3. The zero-order chi connectivity index (χ0) is 15.6. The summed E-state index contributed by atoms with van der Waals surface area (Å²) in [6.45, 7) is 9.29. The average molecular weight is 355 g/mol. The monoisotopic (exact) mass is 354 g/mol. The molecule has 0 saturated carbocycles. The largest absolute Gasteiger partial charge is 0.444 e. The fourth-order valence-electron chi connectivity index (χ4n) is 2.71. The predicted octanol–water partition coefficient (Wildman–Crippen LogP) is 4.20. The Balaban J connectivity index is 2.01. The third-order valence-electron chi connectivity index (χ3n) is 3.67. The second-order valence-electron chi connectivity index (χ2n) is 6.68. The number of ether oxygens (including phenoxy) is 1. The van der Waals surface area contributed by atoms with Gasteiger partial charge in [0.15, 0.2) is 0 Å². The highest BCUT2D eigenvalue weighted by atomic mass is 79.9. The number of carbonyl (C=O) groups excluding carboxylic acids is 1. The average Bonchev–Trinajstić information content (AvgIpc) is 2.36. The van der Waals surface area contributed by atoms with Crippen molar-refractivity contribution in [2.24, 2.45) is 5.92 Å². The van der Waals surface area contributed by atoms with E-state index in [2.05, 4.69) is 33.9 Å². The molecule has 1 amide bonds. The highest BCUT2D eigenvalue weighted by Crippen LogP contribution is 2.32. The summed E-state index contributed by atoms with van der Waals surface area (Å²) in [6.07, 6.45) is 0.708. The summed E-state index contributed by atoms with van der Waals surface area (Å²) in [5, 5.41) is 0. The summed E-state index contributed by atoms with van der Waals surface area (Å²) in [6, 6.07) is 6.01. The zero-order valence-corrected chi connectivity index (χ0v) is 14.7. The quantitative estimate of drug-likeness (QED) is 0.709. The third kappa shape index (κ3) is 4.43. The van der Waals surface area contributed by atoms with Crippen molar-refractivity contribution in [3.05, 3.63) is 28.5 Å². The molecule has 0 N–H and O–H groups in total. The Morgan fingerprint density at radius 2 is 2.14 bits per heavy atom. The second kappa shape index (κ2) is 6.34. The lowest BCUT2D eigenvalue weighted by atomic mass is 9.84. The Kier molecular flexibility index (Phi) is 4.91. The van der Waals surface area contributed by atoms with E-state index in [0.717, 1.165) is 23.3 Å². The summed E-state index contributed by atoms with van der Waals surface area (Å²) in [7, 11) is 0. The van der Waals surface area contributed by atoms with E-state index in [0.29, 0.717) is 18.4 Å². The van der Waals surface area contributed by atoms with Crippen LogP contribution in [0.1, 0.15) is 45.7 Å². The molecule has 1 aromatic rings. The first-order valence-corrected chi connectivity index (χ1v) is 8.16. The first-order chi connectivity index (χ1) is 9.76. The fraction of sp³-hybridized carbons (Fsp3) is 0.625. The lowest BCUT2D eigenvalue weighted by Crippen LogP contribution is -2.44. The van der Waals surface area contributed by atoms with Gasteiger partial charge in [-0.05, 0) is 61.2 Å². The third-order valence-corrected chi connectivity index (χ3v) is 4.12. The lowest BCUT2D eigenvalue weighted by molar-refractivity contribution is 0.0154. The molecule has 2 rings (SSSR count). The number of halogens is 1. The van der Waals surface area contributed by atoms with Gasteiger partial charge in [0, 0.05) is 24.7 Å². The molecule has 0 aromatic carbocycles. The Hall–Kier alpha value is -1.10. The van der Waals surface area contributed by atoms with Crippen molar-refractivity contribution in [1.29, 1.82) is 0 Å². The molecule has 0 aliphatic carbocycles. The van der Waals surface area contributed by atoms with Crippen LogP contribution >= 0.6 is 15.9 Å². The van der Waals surface area contributed by atoms with Gasteiger partial charge in [-0.15, -0.1) is 0 Å². The molecule has 4 nitrogen and oxygen atoms in total. The van der Waals surface area contributed by atoms with Gasteiger partial charge in [-0.3, -0.25) is 0 Å². The molecular formula is C16H23BrN2O2. The summed E-state index contributed by atoms with van der Waals surface area (Å²) < 4.78 is 6.31. The Morgan fingerprint density at radius 3 is 2.71 bits per heavy atom. The number of rotatable bonds is 1. The number of carbonyl (C=O) groups is 1. The van der Waals surface area contributed by atoms with Gasteiger partial charge in [0.1, 0.15) is 10.2 Å². The maximum absolute atomic E-state index is 12.1. The molecule has 1 aliphatic heterocycles. The number of amides is 1. The summed E-state index contributed by atoms with van der Waals surface area (Å²) in [5.41, 5.74) is 0.656. The van der Waals surface area contributed by atoms with Crippen LogP contribution in [0.4, 0.5) is 4.79 Å². The van der Waals surface area contributed by atoms with Crippen LogP contribution in [-0.2, 0) is 4.74 Å². The van der Waals surface area contributed by atoms with Crippen molar-refractivity contribution >= 4 is 22.0 Å². The maximum Gasteiger partial charge on any atom is 0.410 e. The minimum Gasteiger partial charge on any atom is -0.444 e. The van der Waals surface area contributed by atoms with Crippen LogP contribution in [0.5, 0.6) is 0 Å². The van der Waals surface area contributed by atoms with E-state index in [1.54, 1.807) is 0 Å². The van der Waals surface area contributed by atoms with E-state index in [1.807, 2.05) is 37.8 Å². The normalized spacial score (nSPS) is 23.0. The predicted molar refractivity (Wildman–Crippen MR) is 86.3 cm³/mol. The molecule has 1 saturated heterocycles.